The van der Waals surface area contributed by atoms with Crippen molar-refractivity contribution in [3.8, 4) is 0 Å². The highest BCUT2D eigenvalue weighted by atomic mass is 14.7. The molecule has 0 saturated heterocycles. The van der Waals surface area contributed by atoms with Crippen LogP contribution >= 0.6 is 0 Å². The van der Waals surface area contributed by atoms with E-state index in [4.69, 9.17) is 5.73 Å². The van der Waals surface area contributed by atoms with Gasteiger partial charge in [-0.15, -0.1) is 0 Å². The molecule has 0 saturated carbocycles. The molecule has 1 aromatic heterocycles. The van der Waals surface area contributed by atoms with E-state index in [1.165, 1.54) is 52.5 Å². The molecule has 0 spiro atoms. The summed E-state index contributed by atoms with van der Waals surface area (Å²) in [4.78, 5) is 3.63. The first-order valence-corrected chi connectivity index (χ1v) is 6.53. The second kappa shape index (κ2) is 3.88. The monoisotopic (exact) mass is 228 g/mol. The van der Waals surface area contributed by atoms with Crippen molar-refractivity contribution in [1.29, 1.82) is 0 Å². The number of aryl methyl sites for hydroxylation is 3. The van der Waals surface area contributed by atoms with Crippen molar-refractivity contribution in [2.24, 2.45) is 5.73 Å². The Hall–Kier alpha value is -1.28. The highest BCUT2D eigenvalue weighted by Gasteiger charge is 2.24. The van der Waals surface area contributed by atoms with Gasteiger partial charge < -0.3 is 10.7 Å². The molecule has 0 amide bonds. The summed E-state index contributed by atoms with van der Waals surface area (Å²) in [5, 5.41) is 1.40. The van der Waals surface area contributed by atoms with Gasteiger partial charge >= 0.3 is 0 Å². The van der Waals surface area contributed by atoms with Gasteiger partial charge in [-0.1, -0.05) is 12.1 Å². The summed E-state index contributed by atoms with van der Waals surface area (Å²) in [6.07, 6.45) is 3.68. The van der Waals surface area contributed by atoms with Crippen LogP contribution in [0.4, 0.5) is 0 Å². The fourth-order valence-electron chi connectivity index (χ4n) is 3.15. The van der Waals surface area contributed by atoms with Gasteiger partial charge in [-0.3, -0.25) is 0 Å². The van der Waals surface area contributed by atoms with Crippen LogP contribution in [-0.4, -0.2) is 11.5 Å². The number of aromatic nitrogens is 1. The zero-order valence-electron chi connectivity index (χ0n) is 10.6. The van der Waals surface area contributed by atoms with Crippen molar-refractivity contribution < 1.29 is 0 Å². The first-order chi connectivity index (χ1) is 8.22. The second-order valence-corrected chi connectivity index (χ2v) is 5.27. The predicted octanol–water partition coefficient (Wildman–Crippen LogP) is 3.16. The Balaban J connectivity index is 2.31. The first kappa shape index (κ1) is 10.8. The summed E-state index contributed by atoms with van der Waals surface area (Å²) in [6.45, 7) is 5.15. The lowest BCUT2D eigenvalue weighted by atomic mass is 9.85. The molecular formula is C15H20N2. The fourth-order valence-corrected chi connectivity index (χ4v) is 3.15. The van der Waals surface area contributed by atoms with E-state index in [1.807, 2.05) is 0 Å². The summed E-state index contributed by atoms with van der Waals surface area (Å²) in [5.74, 6) is 0.551. The summed E-state index contributed by atoms with van der Waals surface area (Å²) >= 11 is 0. The van der Waals surface area contributed by atoms with E-state index in [0.717, 1.165) is 6.54 Å². The third kappa shape index (κ3) is 1.51. The largest absolute Gasteiger partial charge is 0.358 e. The standard InChI is InChI=1S/C15H20N2/c1-9-6-7-12-14-11(8-16)4-3-5-13(14)17-15(12)10(9)2/h6-7,11,17H,3-5,8,16H2,1-2H3. The molecule has 17 heavy (non-hydrogen) atoms. The lowest BCUT2D eigenvalue weighted by Crippen LogP contribution is -2.17. The zero-order valence-corrected chi connectivity index (χ0v) is 10.6. The molecule has 2 aromatic rings. The predicted molar refractivity (Wildman–Crippen MR) is 72.5 cm³/mol. The summed E-state index contributed by atoms with van der Waals surface area (Å²) in [5.41, 5.74) is 12.9. The van der Waals surface area contributed by atoms with Crippen LogP contribution in [0.2, 0.25) is 0 Å². The number of fused-ring (bicyclic) bond motifs is 3. The molecule has 0 radical (unpaired) electrons. The number of nitrogens with one attached hydrogen (secondary N) is 1. The Labute approximate surface area is 102 Å². The average Bonchev–Trinajstić information content (AvgIpc) is 2.73. The van der Waals surface area contributed by atoms with Crippen molar-refractivity contribution >= 4 is 10.9 Å². The van der Waals surface area contributed by atoms with Gasteiger partial charge in [-0.05, 0) is 62.3 Å². The minimum atomic E-state index is 0.551. The highest BCUT2D eigenvalue weighted by molar-refractivity contribution is 5.89. The van der Waals surface area contributed by atoms with Crippen LogP contribution in [0, 0.1) is 13.8 Å². The van der Waals surface area contributed by atoms with Crippen molar-refractivity contribution in [3.63, 3.8) is 0 Å². The first-order valence-electron chi connectivity index (χ1n) is 6.53. The molecular weight excluding hydrogens is 208 g/mol. The van der Waals surface area contributed by atoms with Crippen LogP contribution in [0.3, 0.4) is 0 Å². The molecule has 1 aromatic carbocycles. The molecule has 1 aliphatic rings. The number of nitrogens with two attached hydrogens (primary N) is 1. The molecule has 1 heterocycles. The molecule has 2 heteroatoms. The zero-order chi connectivity index (χ0) is 12.0. The molecule has 2 nitrogen and oxygen atoms in total. The lowest BCUT2D eigenvalue weighted by Gasteiger charge is -2.21. The second-order valence-electron chi connectivity index (χ2n) is 5.27. The molecule has 1 aliphatic carbocycles. The van der Waals surface area contributed by atoms with Gasteiger partial charge in [0.05, 0.1) is 0 Å². The Morgan fingerprint density at radius 1 is 1.35 bits per heavy atom. The number of hydrogen-bond acceptors (Lipinski definition) is 1. The number of H-pyrrole nitrogens is 1. The van der Waals surface area contributed by atoms with Gasteiger partial charge in [0.15, 0.2) is 0 Å². The quantitative estimate of drug-likeness (QED) is 0.773. The molecule has 0 bridgehead atoms. The van der Waals surface area contributed by atoms with Crippen LogP contribution in [0.15, 0.2) is 12.1 Å². The Bertz CT molecular complexity index is 566. The molecule has 3 rings (SSSR count). The normalized spacial score (nSPS) is 19.6. The molecule has 1 atom stereocenters. The lowest BCUT2D eigenvalue weighted by molar-refractivity contribution is 0.560. The maximum atomic E-state index is 5.92. The third-order valence-electron chi connectivity index (χ3n) is 4.30. The van der Waals surface area contributed by atoms with Gasteiger partial charge in [0.25, 0.3) is 0 Å². The smallest absolute Gasteiger partial charge is 0.0491 e. The SMILES string of the molecule is Cc1ccc2c3c([nH]c2c1C)CCCC3CN. The van der Waals surface area contributed by atoms with Crippen LogP contribution < -0.4 is 5.73 Å². The number of aromatic amines is 1. The van der Waals surface area contributed by atoms with Gasteiger partial charge in [0.2, 0.25) is 0 Å². The van der Waals surface area contributed by atoms with Crippen LogP contribution in [-0.2, 0) is 6.42 Å². The van der Waals surface area contributed by atoms with Crippen LogP contribution in [0.1, 0.15) is 41.1 Å². The van der Waals surface area contributed by atoms with Gasteiger partial charge in [0.1, 0.15) is 0 Å². The van der Waals surface area contributed by atoms with E-state index in [0.29, 0.717) is 5.92 Å². The van der Waals surface area contributed by atoms with Gasteiger partial charge in [0, 0.05) is 16.6 Å². The molecule has 0 fully saturated rings. The Kier molecular flexibility index (Phi) is 2.48. The maximum absolute atomic E-state index is 5.92. The van der Waals surface area contributed by atoms with Crippen LogP contribution in [0.25, 0.3) is 10.9 Å². The summed E-state index contributed by atoms with van der Waals surface area (Å²) in [7, 11) is 0. The minimum Gasteiger partial charge on any atom is -0.358 e. The van der Waals surface area contributed by atoms with E-state index < -0.39 is 0 Å². The average molecular weight is 228 g/mol. The maximum Gasteiger partial charge on any atom is 0.0491 e. The van der Waals surface area contributed by atoms with E-state index in [2.05, 4.69) is 31.0 Å². The van der Waals surface area contributed by atoms with Gasteiger partial charge in [-0.2, -0.15) is 0 Å². The Morgan fingerprint density at radius 3 is 2.94 bits per heavy atom. The van der Waals surface area contributed by atoms with E-state index in [1.54, 1.807) is 0 Å². The van der Waals surface area contributed by atoms with E-state index >= 15 is 0 Å². The molecule has 3 N–H and O–H groups in total. The molecule has 90 valence electrons. The van der Waals surface area contributed by atoms with Crippen LogP contribution in [0.5, 0.6) is 0 Å². The van der Waals surface area contributed by atoms with Crippen molar-refractivity contribution in [2.75, 3.05) is 6.54 Å². The van der Waals surface area contributed by atoms with Crippen molar-refractivity contribution in [3.05, 3.63) is 34.5 Å². The Morgan fingerprint density at radius 2 is 2.18 bits per heavy atom. The van der Waals surface area contributed by atoms with Crippen molar-refractivity contribution in [1.82, 2.24) is 4.98 Å². The number of rotatable bonds is 1. The summed E-state index contributed by atoms with van der Waals surface area (Å²) < 4.78 is 0. The van der Waals surface area contributed by atoms with E-state index in [9.17, 15) is 0 Å². The molecule has 0 aliphatic heterocycles. The topological polar surface area (TPSA) is 41.8 Å². The highest BCUT2D eigenvalue weighted by Crippen LogP contribution is 2.37. The van der Waals surface area contributed by atoms with Gasteiger partial charge in [-0.25, -0.2) is 0 Å². The van der Waals surface area contributed by atoms with Crippen molar-refractivity contribution in [2.45, 2.75) is 39.0 Å². The van der Waals surface area contributed by atoms with E-state index in [-0.39, 0.29) is 0 Å². The molecule has 1 unspecified atom stereocenters. The minimum absolute atomic E-state index is 0.551. The summed E-state index contributed by atoms with van der Waals surface area (Å²) in [6, 6.07) is 4.49. The number of hydrogen-bond donors (Lipinski definition) is 2. The number of benzene rings is 1. The third-order valence-corrected chi connectivity index (χ3v) is 4.30. The fraction of sp³-hybridized carbons (Fsp3) is 0.467.